The van der Waals surface area contributed by atoms with Crippen LogP contribution in [0.25, 0.3) is 72.0 Å². The molecule has 0 unspecified atom stereocenters. The number of alkyl halides is 6. The van der Waals surface area contributed by atoms with E-state index in [1.165, 1.54) is 0 Å². The molecule has 0 radical (unpaired) electrons. The van der Waals surface area contributed by atoms with Gasteiger partial charge in [-0.15, -0.1) is 0 Å². The van der Waals surface area contributed by atoms with E-state index in [2.05, 4.69) is 10.6 Å². The first-order valence-corrected chi connectivity index (χ1v) is 17.4. The Morgan fingerprint density at radius 3 is 1.40 bits per heavy atom. The molecule has 270 valence electrons. The Bertz CT molecular complexity index is 2700. The van der Waals surface area contributed by atoms with Gasteiger partial charge in [0.1, 0.15) is 0 Å². The van der Waals surface area contributed by atoms with Gasteiger partial charge in [-0.3, -0.25) is 0 Å². The Hall–Kier alpha value is -6.59. The molecule has 0 aliphatic carbocycles. The molecular formula is C47H30F6N2. The Morgan fingerprint density at radius 2 is 0.909 bits per heavy atom. The molecule has 0 saturated heterocycles. The molecule has 0 fully saturated rings. The number of hydrogen-bond donors (Lipinski definition) is 0. The summed E-state index contributed by atoms with van der Waals surface area (Å²) in [4.78, 5) is 0. The summed E-state index contributed by atoms with van der Waals surface area (Å²) < 4.78 is 85.6. The fraction of sp³-hybridized carbons (Fsp3) is 0.0851. The number of hydrogen-bond acceptors (Lipinski definition) is 1. The third-order valence-corrected chi connectivity index (χ3v) is 9.93. The van der Waals surface area contributed by atoms with E-state index in [-0.39, 0.29) is 0 Å². The van der Waals surface area contributed by atoms with Gasteiger partial charge in [-0.2, -0.15) is 31.6 Å². The van der Waals surface area contributed by atoms with Crippen LogP contribution in [0.5, 0.6) is 0 Å². The number of fused-ring (bicyclic) bond motifs is 3. The smallest absolute Gasteiger partial charge is 0.309 e. The van der Waals surface area contributed by atoms with Gasteiger partial charge in [0.2, 0.25) is 0 Å². The highest BCUT2D eigenvalue weighted by Gasteiger charge is 2.32. The second kappa shape index (κ2) is 13.4. The molecule has 0 bridgehead atoms. The van der Waals surface area contributed by atoms with Gasteiger partial charge in [-0.05, 0) is 131 Å². The number of nitrogens with zero attached hydrogens (tertiary/aromatic N) is 2. The summed E-state index contributed by atoms with van der Waals surface area (Å²) in [6, 6.07) is 44.4. The van der Waals surface area contributed by atoms with Crippen LogP contribution in [-0.4, -0.2) is 4.57 Å². The predicted octanol–water partition coefficient (Wildman–Crippen LogP) is 14.0. The van der Waals surface area contributed by atoms with Crippen molar-refractivity contribution in [3.63, 3.8) is 0 Å². The van der Waals surface area contributed by atoms with E-state index < -0.39 is 23.5 Å². The van der Waals surface area contributed by atoms with Crippen molar-refractivity contribution < 1.29 is 26.3 Å². The highest BCUT2D eigenvalue weighted by atomic mass is 19.4. The third-order valence-electron chi connectivity index (χ3n) is 9.93. The number of para-hydroxylation sites is 1. The van der Waals surface area contributed by atoms with Crippen molar-refractivity contribution >= 4 is 21.8 Å². The minimum Gasteiger partial charge on any atom is -0.309 e. The molecule has 0 N–H and O–H groups in total. The SMILES string of the molecule is Cc1cc(-c2ccc3c(c2)c2cc(-c4cc(C)cc(C(F)(F)F)c4)ccc2n3-c2ccccc2-c2ccccc2-c2ccc(C#N)cc2)cc(C(F)(F)F)c1. The topological polar surface area (TPSA) is 28.7 Å². The second-order valence-corrected chi connectivity index (χ2v) is 13.7. The van der Waals surface area contributed by atoms with Crippen LogP contribution in [0.3, 0.4) is 0 Å². The summed E-state index contributed by atoms with van der Waals surface area (Å²) in [6.07, 6.45) is -9.06. The average molecular weight is 737 g/mol. The lowest BCUT2D eigenvalue weighted by molar-refractivity contribution is -0.138. The van der Waals surface area contributed by atoms with Crippen molar-refractivity contribution in [2.24, 2.45) is 0 Å². The van der Waals surface area contributed by atoms with Crippen LogP contribution in [0.1, 0.15) is 27.8 Å². The van der Waals surface area contributed by atoms with Gasteiger partial charge in [0.25, 0.3) is 0 Å². The maximum Gasteiger partial charge on any atom is 0.416 e. The molecule has 7 aromatic carbocycles. The van der Waals surface area contributed by atoms with Gasteiger partial charge < -0.3 is 4.57 Å². The average Bonchev–Trinajstić information content (AvgIpc) is 3.49. The zero-order valence-electron chi connectivity index (χ0n) is 29.5. The first-order valence-electron chi connectivity index (χ1n) is 17.4. The molecule has 0 amide bonds. The zero-order chi connectivity index (χ0) is 38.6. The van der Waals surface area contributed by atoms with Gasteiger partial charge in [0, 0.05) is 16.3 Å². The maximum atomic E-state index is 13.9. The maximum absolute atomic E-state index is 13.9. The van der Waals surface area contributed by atoms with Crippen molar-refractivity contribution in [2.45, 2.75) is 26.2 Å². The normalized spacial score (nSPS) is 12.0. The van der Waals surface area contributed by atoms with Crippen LogP contribution < -0.4 is 0 Å². The van der Waals surface area contributed by atoms with E-state index in [1.807, 2.05) is 84.9 Å². The highest BCUT2D eigenvalue weighted by molar-refractivity contribution is 6.12. The lowest BCUT2D eigenvalue weighted by atomic mass is 9.93. The van der Waals surface area contributed by atoms with Crippen LogP contribution in [0.4, 0.5) is 26.3 Å². The molecule has 2 nitrogen and oxygen atoms in total. The first kappa shape index (κ1) is 35.4. The van der Waals surface area contributed by atoms with E-state index in [0.29, 0.717) is 38.9 Å². The lowest BCUT2D eigenvalue weighted by Crippen LogP contribution is -2.05. The summed E-state index contributed by atoms with van der Waals surface area (Å²) in [5.41, 5.74) is 7.98. The molecule has 8 aromatic rings. The molecule has 8 heteroatoms. The van der Waals surface area contributed by atoms with Gasteiger partial charge in [0.05, 0.1) is 39.5 Å². The number of aromatic nitrogens is 1. The second-order valence-electron chi connectivity index (χ2n) is 13.7. The Labute approximate surface area is 313 Å². The van der Waals surface area contributed by atoms with Gasteiger partial charge in [-0.25, -0.2) is 0 Å². The molecule has 0 aliphatic heterocycles. The van der Waals surface area contributed by atoms with Crippen molar-refractivity contribution in [3.05, 3.63) is 173 Å². The minimum absolute atomic E-state index is 0.400. The number of benzene rings is 7. The van der Waals surface area contributed by atoms with Gasteiger partial charge in [0.15, 0.2) is 0 Å². The van der Waals surface area contributed by atoms with Crippen molar-refractivity contribution in [1.82, 2.24) is 4.57 Å². The summed E-state index contributed by atoms with van der Waals surface area (Å²) in [5, 5.41) is 10.8. The molecule has 1 heterocycles. The summed E-state index contributed by atoms with van der Waals surface area (Å²) in [6.45, 7) is 3.25. The van der Waals surface area contributed by atoms with Crippen molar-refractivity contribution in [1.29, 1.82) is 5.26 Å². The number of aryl methyl sites for hydroxylation is 2. The van der Waals surface area contributed by atoms with Crippen LogP contribution in [0, 0.1) is 25.2 Å². The van der Waals surface area contributed by atoms with E-state index in [9.17, 15) is 31.6 Å². The zero-order valence-corrected chi connectivity index (χ0v) is 29.5. The van der Waals surface area contributed by atoms with Crippen LogP contribution >= 0.6 is 0 Å². The van der Waals surface area contributed by atoms with Gasteiger partial charge >= 0.3 is 12.4 Å². The van der Waals surface area contributed by atoms with Crippen LogP contribution in [0.15, 0.2) is 146 Å². The molecule has 0 atom stereocenters. The summed E-state index contributed by atoms with van der Waals surface area (Å²) in [7, 11) is 0. The molecule has 0 spiro atoms. The van der Waals surface area contributed by atoms with Crippen molar-refractivity contribution in [3.8, 4) is 56.3 Å². The Morgan fingerprint density at radius 1 is 0.455 bits per heavy atom. The summed E-state index contributed by atoms with van der Waals surface area (Å²) in [5.74, 6) is 0. The number of rotatable bonds is 5. The molecule has 55 heavy (non-hydrogen) atoms. The number of halogens is 6. The van der Waals surface area contributed by atoms with E-state index >= 15 is 0 Å². The van der Waals surface area contributed by atoms with Gasteiger partial charge in [-0.1, -0.05) is 78.9 Å². The lowest BCUT2D eigenvalue weighted by Gasteiger charge is -2.17. The van der Waals surface area contributed by atoms with E-state index in [1.54, 1.807) is 50.2 Å². The molecular weight excluding hydrogens is 707 g/mol. The van der Waals surface area contributed by atoms with Crippen LogP contribution in [0.2, 0.25) is 0 Å². The highest BCUT2D eigenvalue weighted by Crippen LogP contribution is 2.43. The van der Waals surface area contributed by atoms with E-state index in [0.717, 1.165) is 74.0 Å². The Balaban J connectivity index is 1.39. The molecule has 8 rings (SSSR count). The summed E-state index contributed by atoms with van der Waals surface area (Å²) >= 11 is 0. The molecule has 0 saturated carbocycles. The first-order chi connectivity index (χ1) is 26.3. The van der Waals surface area contributed by atoms with Crippen LogP contribution in [-0.2, 0) is 12.4 Å². The fourth-order valence-corrected chi connectivity index (χ4v) is 7.46. The number of nitriles is 1. The standard InChI is InChI=1S/C47H30F6N2/c1-28-19-34(23-36(21-28)46(48,49)50)32-15-17-44-41(25-32)42-26-33(35-20-29(2)22-37(24-35)47(51,52)53)16-18-45(42)55(44)43-10-6-5-9-40(43)39-8-4-3-7-38(39)31-13-11-30(27-54)12-14-31/h3-26H,1-2H3. The Kier molecular flexibility index (Phi) is 8.61. The third kappa shape index (κ3) is 6.63. The quantitative estimate of drug-likeness (QED) is 0.162. The monoisotopic (exact) mass is 736 g/mol. The minimum atomic E-state index is -4.53. The molecule has 0 aliphatic rings. The van der Waals surface area contributed by atoms with E-state index in [4.69, 9.17) is 0 Å². The fourth-order valence-electron chi connectivity index (χ4n) is 7.46. The predicted molar refractivity (Wildman–Crippen MR) is 207 cm³/mol. The largest absolute Gasteiger partial charge is 0.416 e. The molecule has 1 aromatic heterocycles. The van der Waals surface area contributed by atoms with Crippen molar-refractivity contribution in [2.75, 3.05) is 0 Å².